The van der Waals surface area contributed by atoms with Crippen LogP contribution in [0.3, 0.4) is 0 Å². The van der Waals surface area contributed by atoms with Gasteiger partial charge in [-0.05, 0) is 0 Å². The Bertz CT molecular complexity index is 263. The third-order valence-electron chi connectivity index (χ3n) is 1.76. The van der Waals surface area contributed by atoms with Gasteiger partial charge in [-0.15, -0.1) is 0 Å². The Hall–Kier alpha value is -1.33. The molecule has 1 radical (unpaired) electrons. The molecule has 4 nitrogen and oxygen atoms in total. The number of methoxy groups -OCH3 is 1. The van der Waals surface area contributed by atoms with Gasteiger partial charge in [0.05, 0.1) is 7.11 Å². The van der Waals surface area contributed by atoms with E-state index in [0.29, 0.717) is 6.42 Å². The number of hydrogen-bond donors (Lipinski definition) is 0. The molecule has 0 unspecified atom stereocenters. The molecular formula is C10H16BO4. The van der Waals surface area contributed by atoms with Crippen molar-refractivity contribution in [2.45, 2.75) is 12.7 Å². The van der Waals surface area contributed by atoms with Gasteiger partial charge in [-0.1, -0.05) is 42.1 Å². The zero-order valence-electron chi connectivity index (χ0n) is 8.69. The second-order valence-corrected chi connectivity index (χ2v) is 2.73. The van der Waals surface area contributed by atoms with Gasteiger partial charge in [0.1, 0.15) is 0 Å². The Morgan fingerprint density at radius 2 is 1.87 bits per heavy atom. The van der Waals surface area contributed by atoms with Gasteiger partial charge in [-0.25, -0.2) is 0 Å². The summed E-state index contributed by atoms with van der Waals surface area (Å²) >= 11 is 0. The molecule has 0 aliphatic carbocycles. The van der Waals surface area contributed by atoms with Crippen molar-refractivity contribution in [3.63, 3.8) is 0 Å². The summed E-state index contributed by atoms with van der Waals surface area (Å²) in [6.45, 7) is 0. The molecule has 0 bridgehead atoms. The first-order valence-corrected chi connectivity index (χ1v) is 4.28. The summed E-state index contributed by atoms with van der Waals surface area (Å²) in [6, 6.07) is 9.94. The lowest BCUT2D eigenvalue weighted by Gasteiger charge is -1.98. The van der Waals surface area contributed by atoms with E-state index in [1.165, 1.54) is 7.11 Å². The fourth-order valence-electron chi connectivity index (χ4n) is 1.05. The Morgan fingerprint density at radius 3 is 2.40 bits per heavy atom. The van der Waals surface area contributed by atoms with Crippen molar-refractivity contribution in [2.24, 2.45) is 0 Å². The van der Waals surface area contributed by atoms with Gasteiger partial charge in [0, 0.05) is 6.42 Å². The van der Waals surface area contributed by atoms with Crippen LogP contribution < -0.4 is 5.46 Å². The van der Waals surface area contributed by atoms with Crippen molar-refractivity contribution in [1.82, 2.24) is 0 Å². The number of carbonyl (C=O) groups is 1. The summed E-state index contributed by atoms with van der Waals surface area (Å²) in [5.41, 5.74) is 1.14. The molecule has 0 aromatic heterocycles. The van der Waals surface area contributed by atoms with Crippen molar-refractivity contribution >= 4 is 18.7 Å². The van der Waals surface area contributed by atoms with Crippen LogP contribution in [-0.2, 0) is 9.53 Å². The van der Waals surface area contributed by atoms with Crippen molar-refractivity contribution in [1.29, 1.82) is 0 Å². The highest BCUT2D eigenvalue weighted by Gasteiger charge is 2.00. The minimum absolute atomic E-state index is 0. The van der Waals surface area contributed by atoms with Crippen LogP contribution in [0.2, 0.25) is 6.32 Å². The normalized spacial score (nSPS) is 8.07. The van der Waals surface area contributed by atoms with E-state index in [1.54, 1.807) is 0 Å². The molecule has 15 heavy (non-hydrogen) atoms. The predicted octanol–water partition coefficient (Wildman–Crippen LogP) is -0.652. The van der Waals surface area contributed by atoms with Gasteiger partial charge in [-0.3, -0.25) is 4.79 Å². The van der Waals surface area contributed by atoms with Crippen LogP contribution in [0.25, 0.3) is 0 Å². The standard InChI is InChI=1S/C10H12BO2.2H2O/c1-13-10(12)7-8-11-9-5-3-2-4-6-9;;/h2-6H,7-8H2,1H3;2*1H2. The van der Waals surface area contributed by atoms with Crippen molar-refractivity contribution in [3.05, 3.63) is 30.3 Å². The van der Waals surface area contributed by atoms with Gasteiger partial charge < -0.3 is 15.7 Å². The highest BCUT2D eigenvalue weighted by Crippen LogP contribution is 1.92. The first-order chi connectivity index (χ1) is 6.33. The van der Waals surface area contributed by atoms with Gasteiger partial charge in [0.15, 0.2) is 7.28 Å². The SMILES string of the molecule is COC(=O)CC[B]c1ccccc1.O.O. The molecule has 0 atom stereocenters. The summed E-state index contributed by atoms with van der Waals surface area (Å²) in [4.78, 5) is 10.8. The van der Waals surface area contributed by atoms with Crippen LogP contribution >= 0.6 is 0 Å². The summed E-state index contributed by atoms with van der Waals surface area (Å²) in [5.74, 6) is -0.160. The number of carbonyl (C=O) groups excluding carboxylic acids is 1. The molecule has 5 heteroatoms. The lowest BCUT2D eigenvalue weighted by atomic mass is 9.66. The van der Waals surface area contributed by atoms with Crippen LogP contribution in [-0.4, -0.2) is 31.3 Å². The third kappa shape index (κ3) is 6.71. The van der Waals surface area contributed by atoms with Crippen LogP contribution in [0.1, 0.15) is 6.42 Å². The fraction of sp³-hybridized carbons (Fsp3) is 0.300. The fourth-order valence-corrected chi connectivity index (χ4v) is 1.05. The molecule has 1 rings (SSSR count). The van der Waals surface area contributed by atoms with Gasteiger partial charge in [0.25, 0.3) is 0 Å². The number of benzene rings is 1. The molecule has 0 aliphatic heterocycles. The zero-order chi connectivity index (χ0) is 9.52. The van der Waals surface area contributed by atoms with E-state index in [4.69, 9.17) is 0 Å². The van der Waals surface area contributed by atoms with E-state index < -0.39 is 0 Å². The average Bonchev–Trinajstić information content (AvgIpc) is 2.19. The Labute approximate surface area is 90.1 Å². The maximum absolute atomic E-state index is 10.8. The highest BCUT2D eigenvalue weighted by atomic mass is 16.5. The second kappa shape index (κ2) is 9.24. The van der Waals surface area contributed by atoms with Gasteiger partial charge >= 0.3 is 5.97 Å². The molecule has 1 aromatic rings. The van der Waals surface area contributed by atoms with E-state index in [9.17, 15) is 4.79 Å². The largest absolute Gasteiger partial charge is 0.469 e. The van der Waals surface area contributed by atoms with Crippen LogP contribution in [0.5, 0.6) is 0 Å². The van der Waals surface area contributed by atoms with Crippen molar-refractivity contribution in [2.75, 3.05) is 7.11 Å². The molecule has 0 spiro atoms. The molecule has 83 valence electrons. The summed E-state index contributed by atoms with van der Waals surface area (Å²) < 4.78 is 4.53. The number of hydrogen-bond acceptors (Lipinski definition) is 2. The average molecular weight is 211 g/mol. The first-order valence-electron chi connectivity index (χ1n) is 4.28. The Balaban J connectivity index is 0. The maximum Gasteiger partial charge on any atom is 0.304 e. The van der Waals surface area contributed by atoms with Crippen molar-refractivity contribution in [3.8, 4) is 0 Å². The molecule has 0 saturated carbocycles. The van der Waals surface area contributed by atoms with Crippen LogP contribution in [0, 0.1) is 0 Å². The van der Waals surface area contributed by atoms with E-state index in [2.05, 4.69) is 4.74 Å². The molecule has 0 heterocycles. The second-order valence-electron chi connectivity index (χ2n) is 2.73. The lowest BCUT2D eigenvalue weighted by molar-refractivity contribution is -0.140. The number of ether oxygens (including phenoxy) is 1. The van der Waals surface area contributed by atoms with Crippen LogP contribution in [0.4, 0.5) is 0 Å². The molecular weight excluding hydrogens is 195 g/mol. The Morgan fingerprint density at radius 1 is 1.27 bits per heavy atom. The summed E-state index contributed by atoms with van der Waals surface area (Å²) in [6.07, 6.45) is 1.18. The molecule has 4 N–H and O–H groups in total. The minimum Gasteiger partial charge on any atom is -0.469 e. The maximum atomic E-state index is 10.8. The van der Waals surface area contributed by atoms with Gasteiger partial charge in [0.2, 0.25) is 0 Å². The van der Waals surface area contributed by atoms with Gasteiger partial charge in [-0.2, -0.15) is 0 Å². The lowest BCUT2D eigenvalue weighted by Crippen LogP contribution is -2.14. The topological polar surface area (TPSA) is 89.3 Å². The monoisotopic (exact) mass is 211 g/mol. The first kappa shape index (κ1) is 16.1. The molecule has 0 saturated heterocycles. The highest BCUT2D eigenvalue weighted by molar-refractivity contribution is 6.53. The Kier molecular flexibility index (Phi) is 9.93. The number of rotatable bonds is 4. The van der Waals surface area contributed by atoms with E-state index in [1.807, 2.05) is 37.6 Å². The molecule has 0 aliphatic rings. The summed E-state index contributed by atoms with van der Waals surface area (Å²) in [7, 11) is 3.43. The third-order valence-corrected chi connectivity index (χ3v) is 1.76. The van der Waals surface area contributed by atoms with Crippen molar-refractivity contribution < 1.29 is 20.5 Å². The molecule has 0 fully saturated rings. The zero-order valence-corrected chi connectivity index (χ0v) is 8.69. The smallest absolute Gasteiger partial charge is 0.304 e. The predicted molar refractivity (Wildman–Crippen MR) is 60.5 cm³/mol. The van der Waals surface area contributed by atoms with E-state index >= 15 is 0 Å². The molecule has 0 amide bonds. The molecule has 1 aromatic carbocycles. The number of esters is 1. The minimum atomic E-state index is -0.160. The van der Waals surface area contributed by atoms with Crippen LogP contribution in [0.15, 0.2) is 30.3 Å². The van der Waals surface area contributed by atoms with E-state index in [-0.39, 0.29) is 16.9 Å². The quantitative estimate of drug-likeness (QED) is 0.489. The van der Waals surface area contributed by atoms with E-state index in [0.717, 1.165) is 11.8 Å². The summed E-state index contributed by atoms with van der Waals surface area (Å²) in [5, 5.41) is 0.